The van der Waals surface area contributed by atoms with E-state index >= 15 is 0 Å². The van der Waals surface area contributed by atoms with Gasteiger partial charge in [-0.2, -0.15) is 0 Å². The van der Waals surface area contributed by atoms with Crippen LogP contribution in [0.1, 0.15) is 253 Å². The van der Waals surface area contributed by atoms with Gasteiger partial charge in [0.2, 0.25) is 11.8 Å². The molecule has 0 aliphatic heterocycles. The van der Waals surface area contributed by atoms with Crippen molar-refractivity contribution >= 4 is 52.1 Å². The molecule has 0 saturated carbocycles. The van der Waals surface area contributed by atoms with Gasteiger partial charge in [0.05, 0.1) is 6.61 Å². The fraction of sp³-hybridized carbons (Fsp3) is 0.878. The van der Waals surface area contributed by atoms with E-state index in [0.29, 0.717) is 25.6 Å². The molecule has 0 radical (unpaired) electrons. The Bertz CT molecular complexity index is 979. The summed E-state index contributed by atoms with van der Waals surface area (Å²) in [4.78, 5) is 64.6. The van der Waals surface area contributed by atoms with Crippen molar-refractivity contribution in [1.82, 2.24) is 10.6 Å². The van der Waals surface area contributed by atoms with Crippen LogP contribution in [0.3, 0.4) is 0 Å². The smallest absolute Gasteiger partial charge is 0.313 e. The van der Waals surface area contributed by atoms with Crippen LogP contribution in [0.5, 0.6) is 0 Å². The molecule has 0 heterocycles. The van der Waals surface area contributed by atoms with E-state index in [1.54, 1.807) is 0 Å². The maximum atomic E-state index is 11.3. The topological polar surface area (TPSA) is 191 Å². The molecule has 0 fully saturated rings. The van der Waals surface area contributed by atoms with E-state index in [2.05, 4.69) is 51.8 Å². The van der Waals surface area contributed by atoms with Crippen molar-refractivity contribution in [3.05, 3.63) is 0 Å². The summed E-state index contributed by atoms with van der Waals surface area (Å²) in [5.74, 6) is -2.86. The molecular formula is C49H93AlN2O10. The van der Waals surface area contributed by atoms with Gasteiger partial charge in [0, 0.05) is 50.7 Å². The summed E-state index contributed by atoms with van der Waals surface area (Å²) in [6.07, 6.45) is 35.8. The average molecular weight is 897 g/mol. The van der Waals surface area contributed by atoms with Crippen LogP contribution in [0, 0.1) is 0 Å². The maximum absolute atomic E-state index is 11.3. The van der Waals surface area contributed by atoms with E-state index in [0.717, 1.165) is 38.5 Å². The predicted molar refractivity (Wildman–Crippen MR) is 249 cm³/mol. The molecular weight excluding hydrogens is 804 g/mol. The van der Waals surface area contributed by atoms with Crippen LogP contribution in [0.2, 0.25) is 0 Å². The first-order chi connectivity index (χ1) is 29.8. The van der Waals surface area contributed by atoms with Crippen LogP contribution < -0.4 is 20.8 Å². The molecule has 0 aliphatic carbocycles. The third-order valence-electron chi connectivity index (χ3n) is 9.74. The first kappa shape index (κ1) is 66.1. The van der Waals surface area contributed by atoms with Gasteiger partial charge in [-0.3, -0.25) is 19.2 Å². The number of rotatable bonds is 40. The van der Waals surface area contributed by atoms with Gasteiger partial charge in [-0.05, 0) is 26.2 Å². The van der Waals surface area contributed by atoms with Crippen molar-refractivity contribution in [3.63, 3.8) is 0 Å². The molecule has 0 unspecified atom stereocenters. The van der Waals surface area contributed by atoms with Gasteiger partial charge in [-0.1, -0.05) is 181 Å². The number of carboxylic acid groups (broad SMARTS) is 2. The Morgan fingerprint density at radius 1 is 0.468 bits per heavy atom. The largest absolute Gasteiger partial charge is 0.550 e. The number of carboxylic acids is 2. The zero-order valence-electron chi connectivity index (χ0n) is 40.7. The van der Waals surface area contributed by atoms with Gasteiger partial charge in [-0.25, -0.2) is 0 Å². The zero-order valence-corrected chi connectivity index (χ0v) is 41.8. The summed E-state index contributed by atoms with van der Waals surface area (Å²) in [5, 5.41) is 25.4. The van der Waals surface area contributed by atoms with Crippen LogP contribution in [0.25, 0.3) is 0 Å². The molecule has 12 nitrogen and oxygen atoms in total. The Morgan fingerprint density at radius 3 is 1.00 bits per heavy atom. The molecule has 0 spiro atoms. The number of nitrogens with one attached hydrogen (secondary N) is 2. The van der Waals surface area contributed by atoms with Crippen LogP contribution in [-0.4, -0.2) is 77.9 Å². The monoisotopic (exact) mass is 897 g/mol. The summed E-state index contributed by atoms with van der Waals surface area (Å²) in [7, 11) is 0. The van der Waals surface area contributed by atoms with E-state index in [4.69, 9.17) is 4.74 Å². The number of amides is 2. The number of Topliss-reactive ketones (excluding diaryl/α,β-unsaturated/α-hetero) is 1. The third kappa shape index (κ3) is 72.0. The van der Waals surface area contributed by atoms with Crippen LogP contribution in [-0.2, 0) is 37.3 Å². The first-order valence-electron chi connectivity index (χ1n) is 24.7. The van der Waals surface area contributed by atoms with Crippen molar-refractivity contribution in [2.75, 3.05) is 19.7 Å². The minimum absolute atomic E-state index is 0.0517. The Hall–Kier alpha value is -2.49. The molecule has 362 valence electrons. The summed E-state index contributed by atoms with van der Waals surface area (Å²) in [6, 6.07) is 0. The molecule has 0 bridgehead atoms. The number of carbonyl (C=O) groups is 6. The fourth-order valence-corrected chi connectivity index (χ4v) is 6.01. The summed E-state index contributed by atoms with van der Waals surface area (Å²) in [5.41, 5.74) is 0. The van der Waals surface area contributed by atoms with Gasteiger partial charge in [0.25, 0.3) is 0 Å². The molecule has 62 heavy (non-hydrogen) atoms. The number of hydrogen-bond acceptors (Lipinski definition) is 10. The number of hydrogen-bond donors (Lipinski definition) is 2. The number of unbranched alkanes of at least 4 members (excludes halogenated alkanes) is 25. The first-order valence-corrected chi connectivity index (χ1v) is 25.2. The van der Waals surface area contributed by atoms with E-state index in [1.807, 2.05) is 13.8 Å². The molecule has 0 rings (SSSR count). The maximum Gasteiger partial charge on any atom is 0.313 e. The molecule has 0 aromatic rings. The third-order valence-corrected chi connectivity index (χ3v) is 10.3. The van der Waals surface area contributed by atoms with Gasteiger partial charge in [0.1, 0.15) is 12.2 Å². The van der Waals surface area contributed by atoms with Crippen molar-refractivity contribution < 1.29 is 47.5 Å². The van der Waals surface area contributed by atoms with Gasteiger partial charge in [0.15, 0.2) is 0 Å². The minimum atomic E-state index is -1.12. The Balaban J connectivity index is -0.000000385. The van der Waals surface area contributed by atoms with Crippen molar-refractivity contribution in [2.45, 2.75) is 260 Å². The number of ketones is 1. The average Bonchev–Trinajstić information content (AvgIpc) is 3.21. The SMILES string of the molecule is CC(C)[O][Al+2].CCCCCCCCCCCC(=O)NCCC(=O)[O-].CCCCCCCCCCCC(=O)NCCC(=O)[O-].CCCCCCCCCCCCOC(=O)CC(C)=O. The van der Waals surface area contributed by atoms with Crippen molar-refractivity contribution in [2.24, 2.45) is 0 Å². The van der Waals surface area contributed by atoms with Gasteiger partial charge < -0.3 is 35.2 Å². The summed E-state index contributed by atoms with van der Waals surface area (Å²) >= 11 is 2.19. The number of aliphatic carboxylic acids is 2. The van der Waals surface area contributed by atoms with Crippen LogP contribution in [0.4, 0.5) is 0 Å². The molecule has 2 N–H and O–H groups in total. The van der Waals surface area contributed by atoms with Crippen LogP contribution >= 0.6 is 0 Å². The van der Waals surface area contributed by atoms with Crippen molar-refractivity contribution in [3.8, 4) is 0 Å². The molecule has 2 amide bonds. The van der Waals surface area contributed by atoms with E-state index < -0.39 is 11.9 Å². The number of esters is 1. The summed E-state index contributed by atoms with van der Waals surface area (Å²) < 4.78 is 9.63. The normalized spacial score (nSPS) is 10.3. The van der Waals surface area contributed by atoms with Gasteiger partial charge in [-0.15, -0.1) is 0 Å². The standard InChI is InChI=1S/C16H30O3.2C15H29NO3.C3H7O.Al/c1-3-4-5-6-7-8-9-10-11-12-13-19-16(18)14-15(2)17;2*1-2-3-4-5-6-7-8-9-10-11-14(17)16-13-12-15(18)19;1-3(2)4;/h3-14H2,1-2H3;2*2-13H2,1H3,(H,16,17)(H,18,19);3H,1-2H3;/q;;;-1;+3/p-2. The molecule has 13 heteroatoms. The van der Waals surface area contributed by atoms with Gasteiger partial charge >= 0.3 is 46.3 Å². The molecule has 0 atom stereocenters. The second kappa shape index (κ2) is 56.5. The second-order valence-electron chi connectivity index (χ2n) is 16.6. The number of ether oxygens (including phenoxy) is 1. The quantitative estimate of drug-likeness (QED) is 0.0259. The molecule has 0 aromatic heterocycles. The summed E-state index contributed by atoms with van der Waals surface area (Å²) in [6.45, 7) is 12.9. The Labute approximate surface area is 388 Å². The molecule has 0 aliphatic rings. The van der Waals surface area contributed by atoms with E-state index in [9.17, 15) is 39.0 Å². The second-order valence-corrected chi connectivity index (χ2v) is 16.8. The zero-order chi connectivity index (χ0) is 47.3. The molecule has 0 saturated heterocycles. The van der Waals surface area contributed by atoms with E-state index in [-0.39, 0.29) is 55.9 Å². The predicted octanol–water partition coefficient (Wildman–Crippen LogP) is 9.25. The Morgan fingerprint density at radius 2 is 0.742 bits per heavy atom. The van der Waals surface area contributed by atoms with Crippen LogP contribution in [0.15, 0.2) is 0 Å². The van der Waals surface area contributed by atoms with E-state index in [1.165, 1.54) is 148 Å². The number of carbonyl (C=O) groups excluding carboxylic acids is 6. The Kier molecular flexibility index (Phi) is 60.3. The fourth-order valence-electron chi connectivity index (χ4n) is 6.01. The molecule has 0 aromatic carbocycles. The van der Waals surface area contributed by atoms with Crippen molar-refractivity contribution in [1.29, 1.82) is 0 Å². The minimum Gasteiger partial charge on any atom is -0.550 e.